The van der Waals surface area contributed by atoms with Crippen LogP contribution in [0.2, 0.25) is 0 Å². The van der Waals surface area contributed by atoms with E-state index in [1.165, 1.54) is 4.90 Å². The van der Waals surface area contributed by atoms with Crippen LogP contribution in [0, 0.1) is 28.1 Å². The van der Waals surface area contributed by atoms with E-state index in [0.717, 1.165) is 11.1 Å². The van der Waals surface area contributed by atoms with Crippen molar-refractivity contribution in [1.82, 2.24) is 0 Å². The molecule has 2 aliphatic carbocycles. The van der Waals surface area contributed by atoms with E-state index in [1.807, 2.05) is 19.9 Å². The van der Waals surface area contributed by atoms with Gasteiger partial charge < -0.3 is 0 Å². The van der Waals surface area contributed by atoms with E-state index < -0.39 is 34.1 Å². The first kappa shape index (κ1) is 17.1. The molecule has 3 aliphatic rings. The summed E-state index contributed by atoms with van der Waals surface area (Å²) in [5, 5.41) is 0. The number of rotatable bonds is 2. The molecule has 0 spiro atoms. The summed E-state index contributed by atoms with van der Waals surface area (Å²) in [6.07, 6.45) is 0. The van der Waals surface area contributed by atoms with E-state index in [0.29, 0.717) is 5.69 Å². The van der Waals surface area contributed by atoms with Crippen LogP contribution in [0.3, 0.4) is 0 Å². The fraction of sp³-hybridized carbons (Fsp3) is 0.476. The molecule has 0 radical (unpaired) electrons. The van der Waals surface area contributed by atoms with Crippen LogP contribution in [0.1, 0.15) is 34.6 Å². The van der Waals surface area contributed by atoms with E-state index >= 15 is 0 Å². The summed E-state index contributed by atoms with van der Waals surface area (Å²) in [6, 6.07) is 7.35. The molecule has 1 aliphatic heterocycles. The van der Waals surface area contributed by atoms with Crippen LogP contribution >= 0.6 is 0 Å². The fourth-order valence-corrected chi connectivity index (χ4v) is 6.23. The number of fused-ring (bicyclic) bond motifs is 5. The number of halogens is 1. The lowest BCUT2D eigenvalue weighted by atomic mass is 9.60. The second-order valence-corrected chi connectivity index (χ2v) is 8.36. The molecule has 4 nitrogen and oxygen atoms in total. The van der Waals surface area contributed by atoms with Gasteiger partial charge >= 0.3 is 6.04 Å². The van der Waals surface area contributed by atoms with Gasteiger partial charge in [0, 0.05) is 10.8 Å². The van der Waals surface area contributed by atoms with Crippen molar-refractivity contribution in [2.24, 2.45) is 28.1 Å². The number of benzene rings is 1. The van der Waals surface area contributed by atoms with Gasteiger partial charge in [-0.3, -0.25) is 14.4 Å². The average Bonchev–Trinajstić information content (AvgIpc) is 3.02. The standard InChI is InChI=1S/C21H22FNO3/c1-11-12(2)20(4)15-14(19(11,3)21(20,5)18(22)26)16(24)23(17(15)25)13-9-7-6-8-10-13/h6-10,14-15H,1-5H3/t14-,15+,19+,20-,21?. The maximum Gasteiger partial charge on any atom is 0.309 e. The van der Waals surface area contributed by atoms with Crippen LogP contribution in [-0.2, 0) is 14.4 Å². The lowest BCUT2D eigenvalue weighted by Crippen LogP contribution is -2.49. The molecule has 26 heavy (non-hydrogen) atoms. The highest BCUT2D eigenvalue weighted by Gasteiger charge is 2.83. The van der Waals surface area contributed by atoms with Gasteiger partial charge in [0.05, 0.1) is 22.9 Å². The molecule has 2 amide bonds. The Morgan fingerprint density at radius 3 is 1.73 bits per heavy atom. The Balaban J connectivity index is 1.97. The van der Waals surface area contributed by atoms with Crippen molar-refractivity contribution in [3.63, 3.8) is 0 Å². The highest BCUT2D eigenvalue weighted by molar-refractivity contribution is 6.24. The number of carbonyl (C=O) groups is 3. The first-order valence-electron chi connectivity index (χ1n) is 8.87. The van der Waals surface area contributed by atoms with Gasteiger partial charge in [-0.2, -0.15) is 4.39 Å². The van der Waals surface area contributed by atoms with Crippen molar-refractivity contribution in [1.29, 1.82) is 0 Å². The fourth-order valence-electron chi connectivity index (χ4n) is 6.23. The summed E-state index contributed by atoms with van der Waals surface area (Å²) in [6.45, 7) is 8.86. The number of anilines is 1. The Bertz CT molecular complexity index is 861. The summed E-state index contributed by atoms with van der Waals surface area (Å²) >= 11 is 0. The molecule has 0 aromatic heterocycles. The van der Waals surface area contributed by atoms with E-state index in [-0.39, 0.29) is 11.8 Å². The van der Waals surface area contributed by atoms with Crippen LogP contribution < -0.4 is 4.90 Å². The molecule has 4 rings (SSSR count). The highest BCUT2D eigenvalue weighted by atomic mass is 19.1. The molecule has 136 valence electrons. The molecule has 1 aromatic rings. The Morgan fingerprint density at radius 2 is 1.35 bits per heavy atom. The molecule has 1 heterocycles. The van der Waals surface area contributed by atoms with E-state index in [4.69, 9.17) is 0 Å². The molecule has 5 atom stereocenters. The number of para-hydroxylation sites is 1. The SMILES string of the molecule is CC1=C(C)[C@]2(C)[C@@H]3C(=O)N(c4ccccc4)C(=O)[C@@H]3[C@@]1(C)C2(C)C(=O)F. The van der Waals surface area contributed by atoms with Gasteiger partial charge in [-0.05, 0) is 32.9 Å². The first-order valence-corrected chi connectivity index (χ1v) is 8.87. The van der Waals surface area contributed by atoms with Gasteiger partial charge in [-0.1, -0.05) is 43.2 Å². The van der Waals surface area contributed by atoms with Gasteiger partial charge in [-0.15, -0.1) is 0 Å². The third kappa shape index (κ3) is 1.39. The first-order chi connectivity index (χ1) is 12.1. The lowest BCUT2D eigenvalue weighted by molar-refractivity contribution is -0.150. The molecule has 0 N–H and O–H groups in total. The van der Waals surface area contributed by atoms with Crippen molar-refractivity contribution in [2.75, 3.05) is 4.90 Å². The number of imide groups is 1. The number of nitrogens with zero attached hydrogens (tertiary/aromatic N) is 1. The van der Waals surface area contributed by atoms with Crippen molar-refractivity contribution < 1.29 is 18.8 Å². The smallest absolute Gasteiger partial charge is 0.274 e. The topological polar surface area (TPSA) is 54.5 Å². The molecular weight excluding hydrogens is 333 g/mol. The zero-order valence-electron chi connectivity index (χ0n) is 15.6. The number of carbonyl (C=O) groups excluding carboxylic acids is 3. The third-order valence-corrected chi connectivity index (χ3v) is 8.16. The van der Waals surface area contributed by atoms with Gasteiger partial charge in [0.1, 0.15) is 0 Å². The number of allylic oxidation sites excluding steroid dienone is 2. The summed E-state index contributed by atoms with van der Waals surface area (Å²) < 4.78 is 14.4. The van der Waals surface area contributed by atoms with Gasteiger partial charge in [0.15, 0.2) is 0 Å². The predicted molar refractivity (Wildman–Crippen MR) is 94.7 cm³/mol. The van der Waals surface area contributed by atoms with Crippen LogP contribution in [0.5, 0.6) is 0 Å². The highest BCUT2D eigenvalue weighted by Crippen LogP contribution is 2.80. The summed E-state index contributed by atoms with van der Waals surface area (Å²) in [7, 11) is 0. The zero-order chi connectivity index (χ0) is 19.2. The second-order valence-electron chi connectivity index (χ2n) is 8.36. The normalized spacial score (nSPS) is 41.2. The number of amides is 2. The molecule has 1 saturated carbocycles. The molecule has 2 bridgehead atoms. The maximum atomic E-state index is 14.4. The minimum atomic E-state index is -1.44. The quantitative estimate of drug-likeness (QED) is 0.462. The number of hydrogen-bond acceptors (Lipinski definition) is 3. The minimum Gasteiger partial charge on any atom is -0.274 e. The molecular formula is C21H22FNO3. The van der Waals surface area contributed by atoms with Crippen LogP contribution in [0.25, 0.3) is 0 Å². The van der Waals surface area contributed by atoms with E-state index in [2.05, 4.69) is 0 Å². The van der Waals surface area contributed by atoms with Crippen LogP contribution in [-0.4, -0.2) is 17.9 Å². The lowest BCUT2D eigenvalue weighted by Gasteiger charge is -2.42. The van der Waals surface area contributed by atoms with Crippen LogP contribution in [0.15, 0.2) is 41.5 Å². The van der Waals surface area contributed by atoms with Gasteiger partial charge in [0.25, 0.3) is 0 Å². The molecule has 1 aromatic carbocycles. The third-order valence-electron chi connectivity index (χ3n) is 8.16. The molecule has 1 saturated heterocycles. The Labute approximate surface area is 152 Å². The zero-order valence-corrected chi connectivity index (χ0v) is 15.6. The van der Waals surface area contributed by atoms with E-state index in [9.17, 15) is 18.8 Å². The molecule has 2 fully saturated rings. The number of hydrogen-bond donors (Lipinski definition) is 0. The summed E-state index contributed by atoms with van der Waals surface area (Å²) in [5.41, 5.74) is -1.22. The van der Waals surface area contributed by atoms with E-state index in [1.54, 1.807) is 45.0 Å². The largest absolute Gasteiger partial charge is 0.309 e. The average molecular weight is 355 g/mol. The predicted octanol–water partition coefficient (Wildman–Crippen LogP) is 3.67. The minimum absolute atomic E-state index is 0.336. The van der Waals surface area contributed by atoms with Crippen molar-refractivity contribution in [2.45, 2.75) is 34.6 Å². The monoisotopic (exact) mass is 355 g/mol. The van der Waals surface area contributed by atoms with Gasteiger partial charge in [-0.25, -0.2) is 4.90 Å². The Hall–Kier alpha value is -2.30. The van der Waals surface area contributed by atoms with Crippen LogP contribution in [0.4, 0.5) is 10.1 Å². The Morgan fingerprint density at radius 1 is 0.923 bits per heavy atom. The maximum absolute atomic E-state index is 14.4. The van der Waals surface area contributed by atoms with Crippen molar-refractivity contribution in [3.8, 4) is 0 Å². The van der Waals surface area contributed by atoms with Crippen molar-refractivity contribution >= 4 is 23.5 Å². The van der Waals surface area contributed by atoms with Crippen molar-refractivity contribution in [3.05, 3.63) is 41.5 Å². The Kier molecular flexibility index (Phi) is 3.10. The molecule has 1 unspecified atom stereocenters. The summed E-state index contributed by atoms with van der Waals surface area (Å²) in [4.78, 5) is 40.1. The second kappa shape index (κ2) is 4.70. The molecule has 5 heteroatoms. The summed E-state index contributed by atoms with van der Waals surface area (Å²) in [5.74, 6) is -2.13. The van der Waals surface area contributed by atoms with Gasteiger partial charge in [0.2, 0.25) is 11.8 Å².